The lowest BCUT2D eigenvalue weighted by Crippen LogP contribution is -2.43. The second-order valence-electron chi connectivity index (χ2n) is 5.02. The lowest BCUT2D eigenvalue weighted by molar-refractivity contribution is 0.0867. The number of ether oxygens (including phenoxy) is 1. The normalized spacial score (nSPS) is 24.7. The van der Waals surface area contributed by atoms with Gasteiger partial charge in [0, 0.05) is 10.5 Å². The van der Waals surface area contributed by atoms with E-state index in [2.05, 4.69) is 15.3 Å². The zero-order chi connectivity index (χ0) is 12.2. The summed E-state index contributed by atoms with van der Waals surface area (Å²) in [5, 5.41) is 6.34. The SMILES string of the molecule is CC(C)(C)NC(=O)OC1CCCC1N=[N+]=[N-]. The van der Waals surface area contributed by atoms with Gasteiger partial charge in [-0.15, -0.1) is 0 Å². The molecule has 6 nitrogen and oxygen atoms in total. The lowest BCUT2D eigenvalue weighted by Gasteiger charge is -2.23. The largest absolute Gasteiger partial charge is 0.446 e. The maximum Gasteiger partial charge on any atom is 0.407 e. The molecule has 1 amide bonds. The fourth-order valence-corrected chi connectivity index (χ4v) is 1.72. The number of azide groups is 1. The molecule has 0 saturated heterocycles. The number of hydrogen-bond acceptors (Lipinski definition) is 3. The van der Waals surface area contributed by atoms with Gasteiger partial charge in [-0.3, -0.25) is 0 Å². The van der Waals surface area contributed by atoms with E-state index in [1.165, 1.54) is 0 Å². The minimum Gasteiger partial charge on any atom is -0.446 e. The van der Waals surface area contributed by atoms with Crippen molar-refractivity contribution < 1.29 is 9.53 Å². The van der Waals surface area contributed by atoms with E-state index in [-0.39, 0.29) is 17.7 Å². The van der Waals surface area contributed by atoms with Crippen molar-refractivity contribution in [3.63, 3.8) is 0 Å². The van der Waals surface area contributed by atoms with E-state index >= 15 is 0 Å². The zero-order valence-electron chi connectivity index (χ0n) is 9.93. The molecule has 16 heavy (non-hydrogen) atoms. The van der Waals surface area contributed by atoms with E-state index in [0.717, 1.165) is 19.3 Å². The Kier molecular flexibility index (Phi) is 4.01. The molecule has 0 radical (unpaired) electrons. The molecule has 1 fully saturated rings. The standard InChI is InChI=1S/C10H18N4O2/c1-10(2,3)12-9(15)16-8-6-4-5-7(8)13-14-11/h7-8H,4-6H2,1-3H3,(H,12,15). The molecule has 1 aliphatic carbocycles. The molecule has 1 N–H and O–H groups in total. The molecular formula is C10H18N4O2. The van der Waals surface area contributed by atoms with E-state index in [1.54, 1.807) is 0 Å². The van der Waals surface area contributed by atoms with Crippen LogP contribution in [0.3, 0.4) is 0 Å². The van der Waals surface area contributed by atoms with Crippen LogP contribution >= 0.6 is 0 Å². The first-order valence-corrected chi connectivity index (χ1v) is 5.45. The van der Waals surface area contributed by atoms with Crippen LogP contribution < -0.4 is 5.32 Å². The van der Waals surface area contributed by atoms with Gasteiger partial charge in [0.2, 0.25) is 0 Å². The molecule has 0 aromatic rings. The highest BCUT2D eigenvalue weighted by atomic mass is 16.6. The van der Waals surface area contributed by atoms with Crippen LogP contribution in [0.15, 0.2) is 5.11 Å². The molecule has 0 spiro atoms. The summed E-state index contributed by atoms with van der Waals surface area (Å²) in [4.78, 5) is 14.3. The van der Waals surface area contributed by atoms with Gasteiger partial charge in [0.05, 0.1) is 6.04 Å². The summed E-state index contributed by atoms with van der Waals surface area (Å²) in [6, 6.07) is -0.212. The molecule has 2 unspecified atom stereocenters. The van der Waals surface area contributed by atoms with Gasteiger partial charge < -0.3 is 10.1 Å². The van der Waals surface area contributed by atoms with Crippen molar-refractivity contribution >= 4 is 6.09 Å². The van der Waals surface area contributed by atoms with Gasteiger partial charge in [-0.25, -0.2) is 4.79 Å². The van der Waals surface area contributed by atoms with E-state index < -0.39 is 6.09 Å². The molecule has 1 saturated carbocycles. The monoisotopic (exact) mass is 226 g/mol. The first-order chi connectivity index (χ1) is 7.42. The van der Waals surface area contributed by atoms with Crippen LogP contribution in [0.25, 0.3) is 10.4 Å². The van der Waals surface area contributed by atoms with Gasteiger partial charge in [0.15, 0.2) is 0 Å². The number of nitrogens with zero attached hydrogens (tertiary/aromatic N) is 3. The van der Waals surface area contributed by atoms with E-state index in [9.17, 15) is 4.79 Å². The minimum absolute atomic E-state index is 0.212. The number of carbonyl (C=O) groups is 1. The number of amides is 1. The maximum atomic E-state index is 11.5. The summed E-state index contributed by atoms with van der Waals surface area (Å²) in [5.74, 6) is 0. The average molecular weight is 226 g/mol. The summed E-state index contributed by atoms with van der Waals surface area (Å²) in [6.07, 6.45) is 1.76. The van der Waals surface area contributed by atoms with Crippen molar-refractivity contribution in [3.8, 4) is 0 Å². The molecule has 1 rings (SSSR count). The molecule has 0 bridgehead atoms. The highest BCUT2D eigenvalue weighted by Crippen LogP contribution is 2.25. The number of rotatable bonds is 2. The smallest absolute Gasteiger partial charge is 0.407 e. The van der Waals surface area contributed by atoms with Crippen LogP contribution in [-0.2, 0) is 4.74 Å². The van der Waals surface area contributed by atoms with Gasteiger partial charge in [-0.1, -0.05) is 5.11 Å². The Balaban J connectivity index is 2.47. The minimum atomic E-state index is -0.447. The van der Waals surface area contributed by atoms with Gasteiger partial charge in [-0.05, 0) is 45.6 Å². The molecule has 0 aromatic heterocycles. The van der Waals surface area contributed by atoms with Crippen molar-refractivity contribution in [2.45, 2.75) is 57.7 Å². The molecule has 1 aliphatic rings. The van der Waals surface area contributed by atoms with Crippen molar-refractivity contribution in [3.05, 3.63) is 10.4 Å². The first-order valence-electron chi connectivity index (χ1n) is 5.45. The molecule has 6 heteroatoms. The quantitative estimate of drug-likeness (QED) is 0.445. The fourth-order valence-electron chi connectivity index (χ4n) is 1.72. The molecule has 2 atom stereocenters. The number of carbonyl (C=O) groups excluding carboxylic acids is 1. The summed E-state index contributed by atoms with van der Waals surface area (Å²) in [7, 11) is 0. The third-order valence-electron chi connectivity index (χ3n) is 2.35. The van der Waals surface area contributed by atoms with Crippen molar-refractivity contribution in [1.82, 2.24) is 5.32 Å². The van der Waals surface area contributed by atoms with Crippen LogP contribution in [0.1, 0.15) is 40.0 Å². The van der Waals surface area contributed by atoms with Gasteiger partial charge in [0.1, 0.15) is 6.10 Å². The van der Waals surface area contributed by atoms with E-state index in [4.69, 9.17) is 10.3 Å². The Labute approximate surface area is 95.0 Å². The second kappa shape index (κ2) is 5.07. The summed E-state index contributed by atoms with van der Waals surface area (Å²) < 4.78 is 5.24. The molecule has 0 aliphatic heterocycles. The van der Waals surface area contributed by atoms with Gasteiger partial charge in [-0.2, -0.15) is 0 Å². The van der Waals surface area contributed by atoms with E-state index in [1.807, 2.05) is 20.8 Å². The van der Waals surface area contributed by atoms with Gasteiger partial charge in [0.25, 0.3) is 0 Å². The Bertz CT molecular complexity index is 304. The second-order valence-corrected chi connectivity index (χ2v) is 5.02. The highest BCUT2D eigenvalue weighted by molar-refractivity contribution is 5.68. The van der Waals surface area contributed by atoms with Gasteiger partial charge >= 0.3 is 6.09 Å². The lowest BCUT2D eigenvalue weighted by atomic mass is 10.1. The summed E-state index contributed by atoms with van der Waals surface area (Å²) >= 11 is 0. The predicted octanol–water partition coefficient (Wildman–Crippen LogP) is 2.74. The van der Waals surface area contributed by atoms with Crippen LogP contribution in [0, 0.1) is 0 Å². The number of nitrogens with one attached hydrogen (secondary N) is 1. The average Bonchev–Trinajstić information content (AvgIpc) is 2.50. The summed E-state index contributed by atoms with van der Waals surface area (Å²) in [5.41, 5.74) is 8.05. The molecule has 0 heterocycles. The fraction of sp³-hybridized carbons (Fsp3) is 0.900. The summed E-state index contributed by atoms with van der Waals surface area (Å²) in [6.45, 7) is 5.65. The topological polar surface area (TPSA) is 87.1 Å². The number of hydrogen-bond donors (Lipinski definition) is 1. The number of alkyl carbamates (subject to hydrolysis) is 1. The maximum absolute atomic E-state index is 11.5. The third-order valence-corrected chi connectivity index (χ3v) is 2.35. The first kappa shape index (κ1) is 12.6. The molecule has 90 valence electrons. The van der Waals surface area contributed by atoms with Crippen LogP contribution in [0.4, 0.5) is 4.79 Å². The van der Waals surface area contributed by atoms with Crippen LogP contribution in [0.2, 0.25) is 0 Å². The van der Waals surface area contributed by atoms with Crippen molar-refractivity contribution in [1.29, 1.82) is 0 Å². The molecular weight excluding hydrogens is 208 g/mol. The predicted molar refractivity (Wildman–Crippen MR) is 59.9 cm³/mol. The Morgan fingerprint density at radius 3 is 2.75 bits per heavy atom. The Morgan fingerprint density at radius 2 is 2.19 bits per heavy atom. The molecule has 0 aromatic carbocycles. The van der Waals surface area contributed by atoms with Crippen molar-refractivity contribution in [2.24, 2.45) is 5.11 Å². The van der Waals surface area contributed by atoms with Crippen LogP contribution in [0.5, 0.6) is 0 Å². The Hall–Kier alpha value is -1.42. The third kappa shape index (κ3) is 3.98. The van der Waals surface area contributed by atoms with Crippen molar-refractivity contribution in [2.75, 3.05) is 0 Å². The highest BCUT2D eigenvalue weighted by Gasteiger charge is 2.30. The van der Waals surface area contributed by atoms with Crippen LogP contribution in [-0.4, -0.2) is 23.8 Å². The van der Waals surface area contributed by atoms with E-state index in [0.29, 0.717) is 0 Å². The Morgan fingerprint density at radius 1 is 1.50 bits per heavy atom. The zero-order valence-corrected chi connectivity index (χ0v) is 9.93.